The number of hydrogen-bond acceptors (Lipinski definition) is 1. The van der Waals surface area contributed by atoms with Gasteiger partial charge < -0.3 is 5.32 Å². The standard InChI is InChI=1S/C16H25N/c1-4-8-15-11-16(3,13(2)12-17-15)14-9-6-5-7-10-14/h5-7,9-10,13,15,17H,4,8,11-12H2,1-3H3. The van der Waals surface area contributed by atoms with Gasteiger partial charge in [0.1, 0.15) is 0 Å². The molecule has 0 aromatic heterocycles. The first-order valence-electron chi connectivity index (χ1n) is 6.95. The highest BCUT2D eigenvalue weighted by Gasteiger charge is 2.38. The number of piperidine rings is 1. The quantitative estimate of drug-likeness (QED) is 0.835. The molecule has 1 aromatic rings. The van der Waals surface area contributed by atoms with Crippen LogP contribution in [0.5, 0.6) is 0 Å². The summed E-state index contributed by atoms with van der Waals surface area (Å²) in [5.74, 6) is 0.706. The van der Waals surface area contributed by atoms with Crippen LogP contribution in [0.15, 0.2) is 30.3 Å². The Bertz CT molecular complexity index is 346. The average molecular weight is 231 g/mol. The topological polar surface area (TPSA) is 12.0 Å². The van der Waals surface area contributed by atoms with E-state index in [0.29, 0.717) is 17.4 Å². The molecule has 2 rings (SSSR count). The van der Waals surface area contributed by atoms with Crippen molar-refractivity contribution in [1.82, 2.24) is 5.32 Å². The van der Waals surface area contributed by atoms with Crippen LogP contribution < -0.4 is 5.32 Å². The van der Waals surface area contributed by atoms with E-state index in [1.54, 1.807) is 0 Å². The van der Waals surface area contributed by atoms with Gasteiger partial charge in [0, 0.05) is 6.04 Å². The van der Waals surface area contributed by atoms with Gasteiger partial charge >= 0.3 is 0 Å². The number of benzene rings is 1. The maximum absolute atomic E-state index is 3.69. The SMILES string of the molecule is CCCC1CC(C)(c2ccccc2)C(C)CN1. The monoisotopic (exact) mass is 231 g/mol. The van der Waals surface area contributed by atoms with E-state index in [-0.39, 0.29) is 0 Å². The van der Waals surface area contributed by atoms with Crippen molar-refractivity contribution >= 4 is 0 Å². The molecule has 0 saturated carbocycles. The minimum atomic E-state index is 0.340. The molecule has 1 fully saturated rings. The molecule has 17 heavy (non-hydrogen) atoms. The van der Waals surface area contributed by atoms with Crippen LogP contribution in [0.1, 0.15) is 45.6 Å². The zero-order valence-corrected chi connectivity index (χ0v) is 11.4. The molecule has 1 heterocycles. The van der Waals surface area contributed by atoms with E-state index in [1.165, 1.54) is 24.8 Å². The zero-order valence-electron chi connectivity index (χ0n) is 11.4. The van der Waals surface area contributed by atoms with Crippen LogP contribution in [0.2, 0.25) is 0 Å². The van der Waals surface area contributed by atoms with E-state index < -0.39 is 0 Å². The lowest BCUT2D eigenvalue weighted by Crippen LogP contribution is -2.50. The third-order valence-electron chi connectivity index (χ3n) is 4.54. The second-order valence-electron chi connectivity index (χ2n) is 5.78. The fourth-order valence-electron chi connectivity index (χ4n) is 3.13. The highest BCUT2D eigenvalue weighted by Crippen LogP contribution is 2.39. The molecule has 1 saturated heterocycles. The fourth-order valence-corrected chi connectivity index (χ4v) is 3.13. The van der Waals surface area contributed by atoms with Gasteiger partial charge in [0.2, 0.25) is 0 Å². The molecule has 0 amide bonds. The van der Waals surface area contributed by atoms with Gasteiger partial charge in [0.05, 0.1) is 0 Å². The zero-order chi connectivity index (χ0) is 12.3. The van der Waals surface area contributed by atoms with Crippen LogP contribution in [-0.2, 0) is 5.41 Å². The Hall–Kier alpha value is -0.820. The minimum Gasteiger partial charge on any atom is -0.314 e. The summed E-state index contributed by atoms with van der Waals surface area (Å²) < 4.78 is 0. The Kier molecular flexibility index (Phi) is 3.88. The first-order chi connectivity index (χ1) is 8.16. The Labute approximate surface area is 106 Å². The largest absolute Gasteiger partial charge is 0.314 e. The van der Waals surface area contributed by atoms with E-state index in [0.717, 1.165) is 6.54 Å². The van der Waals surface area contributed by atoms with Crippen LogP contribution >= 0.6 is 0 Å². The third-order valence-corrected chi connectivity index (χ3v) is 4.54. The summed E-state index contributed by atoms with van der Waals surface area (Å²) in [6, 6.07) is 11.7. The van der Waals surface area contributed by atoms with E-state index in [4.69, 9.17) is 0 Å². The summed E-state index contributed by atoms with van der Waals surface area (Å²) in [7, 11) is 0. The Morgan fingerprint density at radius 3 is 2.65 bits per heavy atom. The van der Waals surface area contributed by atoms with Crippen LogP contribution in [0, 0.1) is 5.92 Å². The summed E-state index contributed by atoms with van der Waals surface area (Å²) in [6.07, 6.45) is 3.85. The number of rotatable bonds is 3. The minimum absolute atomic E-state index is 0.340. The molecule has 3 atom stereocenters. The number of hydrogen-bond donors (Lipinski definition) is 1. The lowest BCUT2D eigenvalue weighted by Gasteiger charge is -2.44. The van der Waals surface area contributed by atoms with Crippen molar-refractivity contribution in [3.05, 3.63) is 35.9 Å². The fraction of sp³-hybridized carbons (Fsp3) is 0.625. The molecule has 1 heteroatoms. The van der Waals surface area contributed by atoms with Crippen molar-refractivity contribution in [2.45, 2.75) is 51.5 Å². The third kappa shape index (κ3) is 2.55. The van der Waals surface area contributed by atoms with Crippen LogP contribution in [0.25, 0.3) is 0 Å². The average Bonchev–Trinajstić information content (AvgIpc) is 2.35. The van der Waals surface area contributed by atoms with Crippen molar-refractivity contribution in [2.75, 3.05) is 6.54 Å². The van der Waals surface area contributed by atoms with E-state index in [9.17, 15) is 0 Å². The van der Waals surface area contributed by atoms with Gasteiger partial charge in [-0.3, -0.25) is 0 Å². The van der Waals surface area contributed by atoms with Gasteiger partial charge in [-0.2, -0.15) is 0 Å². The summed E-state index contributed by atoms with van der Waals surface area (Å²) in [4.78, 5) is 0. The summed E-state index contributed by atoms with van der Waals surface area (Å²) >= 11 is 0. The molecule has 1 aromatic carbocycles. The summed E-state index contributed by atoms with van der Waals surface area (Å²) in [5, 5.41) is 3.69. The Morgan fingerprint density at radius 1 is 1.29 bits per heavy atom. The molecule has 1 N–H and O–H groups in total. The Morgan fingerprint density at radius 2 is 2.00 bits per heavy atom. The highest BCUT2D eigenvalue weighted by atomic mass is 14.9. The second kappa shape index (κ2) is 5.22. The molecular formula is C16H25N. The summed E-state index contributed by atoms with van der Waals surface area (Å²) in [6.45, 7) is 8.24. The van der Waals surface area contributed by atoms with Gasteiger partial charge in [-0.05, 0) is 36.3 Å². The first-order valence-corrected chi connectivity index (χ1v) is 6.95. The van der Waals surface area contributed by atoms with Crippen LogP contribution in [0.4, 0.5) is 0 Å². The normalized spacial score (nSPS) is 33.6. The van der Waals surface area contributed by atoms with Crippen molar-refractivity contribution < 1.29 is 0 Å². The van der Waals surface area contributed by atoms with Crippen LogP contribution in [0.3, 0.4) is 0 Å². The maximum Gasteiger partial charge on any atom is 0.00755 e. The highest BCUT2D eigenvalue weighted by molar-refractivity contribution is 5.26. The van der Waals surface area contributed by atoms with Crippen molar-refractivity contribution in [2.24, 2.45) is 5.92 Å². The number of nitrogens with one attached hydrogen (secondary N) is 1. The van der Waals surface area contributed by atoms with Crippen molar-refractivity contribution in [3.8, 4) is 0 Å². The van der Waals surface area contributed by atoms with Crippen molar-refractivity contribution in [3.63, 3.8) is 0 Å². The van der Waals surface area contributed by atoms with Gasteiger partial charge in [-0.1, -0.05) is 57.5 Å². The Balaban J connectivity index is 2.21. The van der Waals surface area contributed by atoms with Crippen LogP contribution in [-0.4, -0.2) is 12.6 Å². The second-order valence-corrected chi connectivity index (χ2v) is 5.78. The summed E-state index contributed by atoms with van der Waals surface area (Å²) in [5.41, 5.74) is 1.85. The molecular weight excluding hydrogens is 206 g/mol. The maximum atomic E-state index is 3.69. The predicted molar refractivity (Wildman–Crippen MR) is 74.3 cm³/mol. The molecule has 0 radical (unpaired) electrons. The van der Waals surface area contributed by atoms with Gasteiger partial charge in [0.15, 0.2) is 0 Å². The van der Waals surface area contributed by atoms with E-state index in [1.807, 2.05) is 0 Å². The molecule has 0 aliphatic carbocycles. The molecule has 1 aliphatic rings. The predicted octanol–water partition coefficient (Wildman–Crippen LogP) is 3.74. The van der Waals surface area contributed by atoms with E-state index in [2.05, 4.69) is 56.4 Å². The van der Waals surface area contributed by atoms with E-state index >= 15 is 0 Å². The molecule has 1 nitrogen and oxygen atoms in total. The molecule has 94 valence electrons. The molecule has 0 spiro atoms. The lowest BCUT2D eigenvalue weighted by molar-refractivity contribution is 0.187. The molecule has 1 aliphatic heterocycles. The van der Waals surface area contributed by atoms with Crippen molar-refractivity contribution in [1.29, 1.82) is 0 Å². The van der Waals surface area contributed by atoms with Gasteiger partial charge in [0.25, 0.3) is 0 Å². The van der Waals surface area contributed by atoms with Gasteiger partial charge in [-0.15, -0.1) is 0 Å². The lowest BCUT2D eigenvalue weighted by atomic mass is 9.66. The van der Waals surface area contributed by atoms with Gasteiger partial charge in [-0.25, -0.2) is 0 Å². The smallest absolute Gasteiger partial charge is 0.00755 e. The first kappa shape index (κ1) is 12.6. The molecule has 3 unspecified atom stereocenters. The molecule has 0 bridgehead atoms.